The smallest absolute Gasteiger partial charge is 0.392 e. The first-order chi connectivity index (χ1) is 15.5. The van der Waals surface area contributed by atoms with Crippen LogP contribution in [0, 0.1) is 4.64 Å². The lowest BCUT2D eigenvalue weighted by Crippen LogP contribution is -2.43. The summed E-state index contributed by atoms with van der Waals surface area (Å²) in [6.07, 6.45) is -8.87. The van der Waals surface area contributed by atoms with Crippen LogP contribution in [0.5, 0.6) is 0 Å². The van der Waals surface area contributed by atoms with E-state index in [4.69, 9.17) is 31.0 Å². The molecule has 22 heteroatoms. The molecular formula is C10H16FN2O15P3S. The molecule has 8 N–H and O–H groups in total. The summed E-state index contributed by atoms with van der Waals surface area (Å²) in [5.74, 6) is -4.51. The van der Waals surface area contributed by atoms with E-state index >= 15 is 4.39 Å². The Morgan fingerprint density at radius 1 is 1.28 bits per heavy atom. The maximum absolute atomic E-state index is 15.5. The molecule has 184 valence electrons. The molecule has 0 aliphatic carbocycles. The number of hydrogen-bond donors (Lipinski definition) is 8. The van der Waals surface area contributed by atoms with Gasteiger partial charge >= 0.3 is 29.2 Å². The zero-order valence-electron chi connectivity index (χ0n) is 17.9. The van der Waals surface area contributed by atoms with Gasteiger partial charge in [-0.05, 0) is 0 Å². The summed E-state index contributed by atoms with van der Waals surface area (Å²) in [6, 6.07) is 0. The van der Waals surface area contributed by atoms with Crippen molar-refractivity contribution in [2.75, 3.05) is 6.56 Å². The van der Waals surface area contributed by atoms with Crippen molar-refractivity contribution in [2.45, 2.75) is 30.9 Å². The van der Waals surface area contributed by atoms with E-state index in [1.165, 1.54) is 0 Å². The summed E-state index contributed by atoms with van der Waals surface area (Å²) in [4.78, 5) is 49.7. The highest BCUT2D eigenvalue weighted by atomic mass is 32.1. The van der Waals surface area contributed by atoms with Gasteiger partial charge in [0.05, 0.1) is 10.7 Å². The number of alkyl halides is 1. The molecule has 1 aromatic heterocycles. The topological polar surface area (TPSA) is 268 Å². The predicted octanol–water partition coefficient (Wildman–Crippen LogP) is -1.34. The minimum absolute atomic E-state index is 0.0461. The zero-order valence-corrected chi connectivity index (χ0v) is 18.4. The Morgan fingerprint density at radius 3 is 2.41 bits per heavy atom. The van der Waals surface area contributed by atoms with Gasteiger partial charge < -0.3 is 39.6 Å². The summed E-state index contributed by atoms with van der Waals surface area (Å²) < 4.78 is 87.3. The monoisotopic (exact) mass is 551 g/mol. The minimum atomic E-state index is -6.36. The van der Waals surface area contributed by atoms with Crippen LogP contribution in [-0.2, 0) is 38.2 Å². The van der Waals surface area contributed by atoms with Gasteiger partial charge in [0.2, 0.25) is 0 Å². The highest BCUT2D eigenvalue weighted by Gasteiger charge is 2.57. The number of aliphatic hydroxyl groups is 3. The van der Waals surface area contributed by atoms with Crippen LogP contribution in [0.4, 0.5) is 4.39 Å². The van der Waals surface area contributed by atoms with Crippen molar-refractivity contribution < 1.29 is 75.0 Å². The maximum atomic E-state index is 15.5. The third kappa shape index (κ3) is 6.66. The fourth-order valence-corrected chi connectivity index (χ4v) is 5.17. The Hall–Kier alpha value is -0.720. The van der Waals surface area contributed by atoms with E-state index in [1.54, 1.807) is 0 Å². The Balaban J connectivity index is 2.46. The quantitative estimate of drug-likeness (QED) is 0.130. The van der Waals surface area contributed by atoms with Crippen LogP contribution < -0.4 is 5.69 Å². The number of H-pyrrole nitrogens is 1. The van der Waals surface area contributed by atoms with Gasteiger partial charge in [0.25, 0.3) is 5.85 Å². The molecule has 0 amide bonds. The summed E-state index contributed by atoms with van der Waals surface area (Å²) in [6.45, 7) is -5.31. The number of phosphoric acid groups is 3. The van der Waals surface area contributed by atoms with Gasteiger partial charge in [-0.3, -0.25) is 14.1 Å². The second-order valence-corrected chi connectivity index (χ2v) is 10.5. The third-order valence-corrected chi connectivity index (χ3v) is 7.34. The first-order valence-corrected chi connectivity index (χ1v) is 12.5. The van der Waals surface area contributed by atoms with Crippen LogP contribution >= 0.6 is 35.7 Å². The van der Waals surface area contributed by atoms with Crippen LogP contribution in [0.3, 0.4) is 0 Å². The van der Waals surface area contributed by atoms with E-state index in [0.29, 0.717) is 6.20 Å². The zero-order chi connectivity index (χ0) is 27.4. The Labute approximate surface area is 185 Å². The van der Waals surface area contributed by atoms with Crippen LogP contribution in [-0.4, -0.2) is 69.1 Å². The first-order valence-electron chi connectivity index (χ1n) is 9.06. The third-order valence-electron chi connectivity index (χ3n) is 3.33. The van der Waals surface area contributed by atoms with Crippen molar-refractivity contribution in [3.8, 4) is 0 Å². The number of phosphoric ester groups is 1. The Morgan fingerprint density at radius 2 is 1.88 bits per heavy atom. The summed E-state index contributed by atoms with van der Waals surface area (Å²) in [5.41, 5.74) is -1.66. The molecule has 2 rings (SSSR count). The van der Waals surface area contributed by atoms with E-state index in [2.05, 4.69) is 17.9 Å². The molecule has 0 radical (unpaired) electrons. The van der Waals surface area contributed by atoms with Gasteiger partial charge in [-0.15, -0.1) is 0 Å². The molecule has 1 aromatic rings. The van der Waals surface area contributed by atoms with E-state index in [-0.39, 0.29) is 14.8 Å². The molecule has 1 fully saturated rings. The average Bonchev–Trinajstić information content (AvgIpc) is 2.79. The van der Waals surface area contributed by atoms with Crippen molar-refractivity contribution in [3.05, 3.63) is 26.9 Å². The molecule has 1 aliphatic rings. The van der Waals surface area contributed by atoms with Gasteiger partial charge in [-0.25, -0.2) is 22.9 Å². The van der Waals surface area contributed by atoms with Crippen molar-refractivity contribution in [2.24, 2.45) is 0 Å². The molecule has 1 saturated heterocycles. The molecule has 6 atom stereocenters. The molecule has 2 heterocycles. The van der Waals surface area contributed by atoms with Crippen LogP contribution in [0.1, 0.15) is 15.9 Å². The second kappa shape index (κ2) is 9.50. The van der Waals surface area contributed by atoms with E-state index in [9.17, 15) is 38.7 Å². The van der Waals surface area contributed by atoms with Crippen molar-refractivity contribution in [3.63, 3.8) is 0 Å². The molecule has 0 bridgehead atoms. The number of aliphatic hydroxyl groups excluding tert-OH is 3. The number of halogens is 1. The highest BCUT2D eigenvalue weighted by Crippen LogP contribution is 2.66. The number of hydrogen-bond acceptors (Lipinski definition) is 12. The van der Waals surface area contributed by atoms with E-state index < -0.39 is 66.6 Å². The van der Waals surface area contributed by atoms with Crippen molar-refractivity contribution >= 4 is 35.7 Å². The van der Waals surface area contributed by atoms with Crippen LogP contribution in [0.25, 0.3) is 0 Å². The second-order valence-electron chi connectivity index (χ2n) is 5.70. The van der Waals surface area contributed by atoms with Crippen LogP contribution in [0.15, 0.2) is 11.0 Å². The summed E-state index contributed by atoms with van der Waals surface area (Å²) in [7, 11) is -18.3. The highest BCUT2D eigenvalue weighted by molar-refractivity contribution is 7.71. The molecule has 2 unspecified atom stereocenters. The minimum Gasteiger partial charge on any atom is -0.392 e. The maximum Gasteiger partial charge on any atom is 0.490 e. The summed E-state index contributed by atoms with van der Waals surface area (Å²) >= 11 is 4.73. The fourth-order valence-electron chi connectivity index (χ4n) is 2.09. The molecule has 0 saturated carbocycles. The van der Waals surface area contributed by atoms with Gasteiger partial charge in [0, 0.05) is 11.8 Å². The number of aromatic amines is 1. The van der Waals surface area contributed by atoms with Gasteiger partial charge in [0.1, 0.15) is 23.4 Å². The van der Waals surface area contributed by atoms with E-state index in [0.717, 1.165) is 0 Å². The standard InChI is InChI=1S/C10H16FN2O15P3S/c11-10(3-25-30(21,22)28-31(23,24)27-29(18,19)20)6(16)5(15)8(26-10)13-1-4(2-14)7(32)12-9(13)17/h1,5-6,8,14-16H,2-3H2,(H,21,22)(H,23,24)(H,12,17,32)(H2,18,19,20)/t5-,6+,8-,10-/m1/s1/i3D2,8D. The number of nitrogens with one attached hydrogen (secondary N) is 1. The first kappa shape index (κ1) is 23.0. The van der Waals surface area contributed by atoms with Crippen molar-refractivity contribution in [1.29, 1.82) is 0 Å². The summed E-state index contributed by atoms with van der Waals surface area (Å²) in [5, 5.41) is 29.5. The van der Waals surface area contributed by atoms with Crippen molar-refractivity contribution in [1.82, 2.24) is 9.55 Å². The Bertz CT molecular complexity index is 1260. The number of aromatic nitrogens is 2. The van der Waals surface area contributed by atoms with Crippen LogP contribution in [0.2, 0.25) is 0 Å². The largest absolute Gasteiger partial charge is 0.490 e. The molecular weight excluding hydrogens is 532 g/mol. The predicted molar refractivity (Wildman–Crippen MR) is 97.6 cm³/mol. The molecule has 1 aliphatic heterocycles. The number of ether oxygens (including phenoxy) is 1. The lowest BCUT2D eigenvalue weighted by Gasteiger charge is -2.24. The van der Waals surface area contributed by atoms with Gasteiger partial charge in [-0.2, -0.15) is 8.62 Å². The molecule has 32 heavy (non-hydrogen) atoms. The molecule has 0 aromatic carbocycles. The molecule has 0 spiro atoms. The number of nitrogens with zero attached hydrogens (tertiary/aromatic N) is 1. The normalized spacial score (nSPS) is 34.2. The van der Waals surface area contributed by atoms with Gasteiger partial charge in [0.15, 0.2) is 6.20 Å². The molecule has 17 nitrogen and oxygen atoms in total. The Kier molecular flexibility index (Phi) is 6.84. The number of rotatable bonds is 9. The fraction of sp³-hybridized carbons (Fsp3) is 0.600. The van der Waals surface area contributed by atoms with Gasteiger partial charge in [-0.1, -0.05) is 12.2 Å². The van der Waals surface area contributed by atoms with E-state index in [1.807, 2.05) is 4.98 Å². The lowest BCUT2D eigenvalue weighted by molar-refractivity contribution is -0.205. The SMILES string of the molecule is [2H]C([2H])(OP(=O)(O)OP(=O)(O)OP(=O)(O)O)[C@@]1(F)O[C@@]([2H])(n2cc(CO)c(=S)[nH]c2=O)[C@H](O)[C@@H]1O. The lowest BCUT2D eigenvalue weighted by atomic mass is 10.1. The average molecular weight is 551 g/mol.